The first kappa shape index (κ1) is 15.2. The average Bonchev–Trinajstić information content (AvgIpc) is 2.40. The molecule has 0 radical (unpaired) electrons. The van der Waals surface area contributed by atoms with Crippen molar-refractivity contribution < 1.29 is 19.8 Å². The van der Waals surface area contributed by atoms with E-state index in [1.54, 1.807) is 4.90 Å². The van der Waals surface area contributed by atoms with Crippen LogP contribution in [-0.2, 0) is 0 Å². The van der Waals surface area contributed by atoms with E-state index < -0.39 is 5.97 Å². The van der Waals surface area contributed by atoms with Crippen molar-refractivity contribution in [1.82, 2.24) is 4.90 Å². The Kier molecular flexibility index (Phi) is 4.35. The first-order valence-electron chi connectivity index (χ1n) is 7.05. The second-order valence-electron chi connectivity index (χ2n) is 5.50. The summed E-state index contributed by atoms with van der Waals surface area (Å²) in [6.07, 6.45) is 3.04. The molecule has 1 aliphatic rings. The van der Waals surface area contributed by atoms with Crippen LogP contribution in [0, 0.1) is 0 Å². The fourth-order valence-electron chi connectivity index (χ4n) is 2.79. The Balaban J connectivity index is 2.15. The molecule has 0 aromatic heterocycles. The summed E-state index contributed by atoms with van der Waals surface area (Å²) in [4.78, 5) is 25.1. The van der Waals surface area contributed by atoms with Crippen molar-refractivity contribution in [2.75, 3.05) is 5.32 Å². The smallest absolute Gasteiger partial charge is 0.339 e. The van der Waals surface area contributed by atoms with Gasteiger partial charge in [-0.25, -0.2) is 9.59 Å². The third kappa shape index (κ3) is 3.26. The first-order chi connectivity index (χ1) is 9.90. The van der Waals surface area contributed by atoms with E-state index in [9.17, 15) is 14.7 Å². The van der Waals surface area contributed by atoms with E-state index in [0.29, 0.717) is 5.69 Å². The molecule has 0 bridgehead atoms. The molecule has 1 aromatic rings. The molecule has 1 saturated heterocycles. The number of phenols is 1. The van der Waals surface area contributed by atoms with Crippen LogP contribution in [0.2, 0.25) is 0 Å². The molecule has 1 aromatic carbocycles. The van der Waals surface area contributed by atoms with Crippen LogP contribution in [0.1, 0.15) is 43.5 Å². The van der Waals surface area contributed by atoms with Crippen LogP contribution in [0.15, 0.2) is 18.2 Å². The number of aromatic hydroxyl groups is 1. The molecule has 1 aliphatic heterocycles. The minimum absolute atomic E-state index is 0.157. The number of aromatic carboxylic acids is 1. The standard InChI is InChI=1S/C15H20N2O4/c1-9-4-3-5-10(2)17(9)15(21)16-11-6-7-13(18)12(8-11)14(19)20/h6-10,18H,3-5H2,1-2H3,(H,16,21)(H,19,20). The quantitative estimate of drug-likeness (QED) is 0.731. The number of carbonyl (C=O) groups is 2. The van der Waals surface area contributed by atoms with E-state index in [0.717, 1.165) is 19.3 Å². The Bertz CT molecular complexity index is 549. The summed E-state index contributed by atoms with van der Waals surface area (Å²) < 4.78 is 0. The Labute approximate surface area is 123 Å². The van der Waals surface area contributed by atoms with Crippen molar-refractivity contribution in [3.8, 4) is 5.75 Å². The van der Waals surface area contributed by atoms with Crippen LogP contribution in [0.5, 0.6) is 5.75 Å². The van der Waals surface area contributed by atoms with E-state index in [4.69, 9.17) is 5.11 Å². The van der Waals surface area contributed by atoms with Gasteiger partial charge in [0.05, 0.1) is 0 Å². The molecule has 2 unspecified atom stereocenters. The van der Waals surface area contributed by atoms with Crippen LogP contribution >= 0.6 is 0 Å². The lowest BCUT2D eigenvalue weighted by molar-refractivity contribution is 0.0693. The zero-order chi connectivity index (χ0) is 15.6. The molecule has 1 fully saturated rings. The molecule has 1 heterocycles. The number of carboxylic acids is 1. The summed E-state index contributed by atoms with van der Waals surface area (Å²) in [5, 5.41) is 21.1. The van der Waals surface area contributed by atoms with Gasteiger partial charge in [0.1, 0.15) is 11.3 Å². The van der Waals surface area contributed by atoms with Gasteiger partial charge in [0.25, 0.3) is 0 Å². The van der Waals surface area contributed by atoms with Gasteiger partial charge >= 0.3 is 12.0 Å². The van der Waals surface area contributed by atoms with Crippen molar-refractivity contribution in [3.05, 3.63) is 23.8 Å². The molecule has 2 amide bonds. The van der Waals surface area contributed by atoms with Crippen LogP contribution in [-0.4, -0.2) is 39.2 Å². The number of urea groups is 1. The molecule has 2 atom stereocenters. The van der Waals surface area contributed by atoms with Crippen LogP contribution < -0.4 is 5.32 Å². The summed E-state index contributed by atoms with van der Waals surface area (Å²) in [7, 11) is 0. The predicted octanol–water partition coefficient (Wildman–Crippen LogP) is 2.89. The highest BCUT2D eigenvalue weighted by Crippen LogP contribution is 2.25. The van der Waals surface area contributed by atoms with E-state index in [1.807, 2.05) is 13.8 Å². The van der Waals surface area contributed by atoms with Crippen molar-refractivity contribution in [3.63, 3.8) is 0 Å². The highest BCUT2D eigenvalue weighted by atomic mass is 16.4. The van der Waals surface area contributed by atoms with Gasteiger partial charge in [-0.3, -0.25) is 0 Å². The van der Waals surface area contributed by atoms with Crippen LogP contribution in [0.4, 0.5) is 10.5 Å². The van der Waals surface area contributed by atoms with E-state index in [2.05, 4.69) is 5.32 Å². The molecule has 21 heavy (non-hydrogen) atoms. The number of rotatable bonds is 2. The summed E-state index contributed by atoms with van der Waals surface area (Å²) >= 11 is 0. The molecular weight excluding hydrogens is 272 g/mol. The molecule has 2 rings (SSSR count). The second kappa shape index (κ2) is 6.03. The second-order valence-corrected chi connectivity index (χ2v) is 5.50. The Morgan fingerprint density at radius 2 is 1.86 bits per heavy atom. The van der Waals surface area contributed by atoms with Gasteiger partial charge in [0.15, 0.2) is 0 Å². The molecule has 3 N–H and O–H groups in total. The maximum absolute atomic E-state index is 12.4. The zero-order valence-corrected chi connectivity index (χ0v) is 12.2. The zero-order valence-electron chi connectivity index (χ0n) is 12.2. The third-order valence-corrected chi connectivity index (χ3v) is 3.91. The SMILES string of the molecule is CC1CCCC(C)N1C(=O)Nc1ccc(O)c(C(=O)O)c1. The van der Waals surface area contributed by atoms with Gasteiger partial charge in [-0.05, 0) is 51.3 Å². The molecule has 0 saturated carbocycles. The molecule has 114 valence electrons. The Morgan fingerprint density at radius 3 is 2.43 bits per heavy atom. The number of hydrogen-bond donors (Lipinski definition) is 3. The Hall–Kier alpha value is -2.24. The largest absolute Gasteiger partial charge is 0.507 e. The normalized spacial score (nSPS) is 21.9. The highest BCUT2D eigenvalue weighted by Gasteiger charge is 2.29. The molecule has 0 aliphatic carbocycles. The number of benzene rings is 1. The third-order valence-electron chi connectivity index (χ3n) is 3.91. The van der Waals surface area contributed by atoms with Crippen LogP contribution in [0.25, 0.3) is 0 Å². The topological polar surface area (TPSA) is 89.9 Å². The maximum atomic E-state index is 12.4. The summed E-state index contributed by atoms with van der Waals surface area (Å²) in [6, 6.07) is 4.09. The van der Waals surface area contributed by atoms with Gasteiger partial charge in [0.2, 0.25) is 0 Å². The first-order valence-corrected chi connectivity index (χ1v) is 7.05. The van der Waals surface area contributed by atoms with Crippen molar-refractivity contribution in [2.24, 2.45) is 0 Å². The number of carboxylic acid groups (broad SMARTS) is 1. The average molecular weight is 292 g/mol. The fourth-order valence-corrected chi connectivity index (χ4v) is 2.79. The number of carbonyl (C=O) groups excluding carboxylic acids is 1. The lowest BCUT2D eigenvalue weighted by atomic mass is 9.98. The minimum Gasteiger partial charge on any atom is -0.507 e. The molecule has 6 heteroatoms. The van der Waals surface area contributed by atoms with E-state index in [-0.39, 0.29) is 29.4 Å². The molecule has 0 spiro atoms. The van der Waals surface area contributed by atoms with Crippen LogP contribution in [0.3, 0.4) is 0 Å². The van der Waals surface area contributed by atoms with Crippen molar-refractivity contribution in [2.45, 2.75) is 45.2 Å². The number of nitrogens with zero attached hydrogens (tertiary/aromatic N) is 1. The fraction of sp³-hybridized carbons (Fsp3) is 0.467. The predicted molar refractivity (Wildman–Crippen MR) is 78.7 cm³/mol. The Morgan fingerprint density at radius 1 is 1.24 bits per heavy atom. The van der Waals surface area contributed by atoms with E-state index in [1.165, 1.54) is 18.2 Å². The number of likely N-dealkylation sites (tertiary alicyclic amines) is 1. The lowest BCUT2D eigenvalue weighted by Crippen LogP contribution is -2.49. The monoisotopic (exact) mass is 292 g/mol. The lowest BCUT2D eigenvalue weighted by Gasteiger charge is -2.38. The number of nitrogens with one attached hydrogen (secondary N) is 1. The van der Waals surface area contributed by atoms with Gasteiger partial charge in [-0.1, -0.05) is 0 Å². The van der Waals surface area contributed by atoms with Gasteiger partial charge in [-0.15, -0.1) is 0 Å². The number of hydrogen-bond acceptors (Lipinski definition) is 3. The van der Waals surface area contributed by atoms with Gasteiger partial charge in [0, 0.05) is 17.8 Å². The highest BCUT2D eigenvalue weighted by molar-refractivity contribution is 5.95. The minimum atomic E-state index is -1.23. The molecule has 6 nitrogen and oxygen atoms in total. The molecular formula is C15H20N2O4. The van der Waals surface area contributed by atoms with Gasteiger partial charge < -0.3 is 20.4 Å². The van der Waals surface area contributed by atoms with E-state index >= 15 is 0 Å². The van der Waals surface area contributed by atoms with Gasteiger partial charge in [-0.2, -0.15) is 0 Å². The number of amides is 2. The summed E-state index contributed by atoms with van der Waals surface area (Å²) in [6.45, 7) is 4.02. The van der Waals surface area contributed by atoms with Crippen molar-refractivity contribution in [1.29, 1.82) is 0 Å². The maximum Gasteiger partial charge on any atom is 0.339 e. The number of anilines is 1. The number of piperidine rings is 1. The summed E-state index contributed by atoms with van der Waals surface area (Å²) in [5.74, 6) is -1.55. The summed E-state index contributed by atoms with van der Waals surface area (Å²) in [5.41, 5.74) is 0.132. The van der Waals surface area contributed by atoms with Crippen molar-refractivity contribution >= 4 is 17.7 Å².